The number of nitrogen functional groups attached to an aromatic ring is 1. The molecule has 0 amide bonds. The largest absolute Gasteiger partial charge is 0.316 e. The van der Waals surface area contributed by atoms with Gasteiger partial charge in [-0.1, -0.05) is 6.07 Å². The molecule has 0 aliphatic carbocycles. The number of rotatable bonds is 3. The highest BCUT2D eigenvalue weighted by molar-refractivity contribution is 5.33. The molecule has 0 atom stereocenters. The predicted octanol–water partition coefficient (Wildman–Crippen LogP) is 0.0866. The summed E-state index contributed by atoms with van der Waals surface area (Å²) in [7, 11) is 1.90. The van der Waals surface area contributed by atoms with E-state index in [1.54, 1.807) is 6.20 Å². The summed E-state index contributed by atoms with van der Waals surface area (Å²) in [6, 6.07) is 3.81. The Labute approximate surface area is 65.8 Å². The van der Waals surface area contributed by atoms with Crippen LogP contribution in [0, 0.1) is 0 Å². The summed E-state index contributed by atoms with van der Waals surface area (Å²) in [6.45, 7) is 0.831. The Morgan fingerprint density at radius 2 is 2.36 bits per heavy atom. The number of aromatic nitrogens is 1. The second-order valence-electron chi connectivity index (χ2n) is 2.23. The normalized spacial score (nSPS) is 9.64. The van der Waals surface area contributed by atoms with Crippen molar-refractivity contribution < 1.29 is 0 Å². The van der Waals surface area contributed by atoms with Crippen LogP contribution < -0.4 is 16.6 Å². The Kier molecular flexibility index (Phi) is 2.83. The van der Waals surface area contributed by atoms with Crippen molar-refractivity contribution in [3.8, 4) is 0 Å². The predicted molar refractivity (Wildman–Crippen MR) is 44.8 cm³/mol. The van der Waals surface area contributed by atoms with Crippen LogP contribution in [0.1, 0.15) is 5.56 Å². The summed E-state index contributed by atoms with van der Waals surface area (Å²) in [6.07, 6.45) is 1.78. The van der Waals surface area contributed by atoms with E-state index in [1.807, 2.05) is 19.2 Å². The minimum atomic E-state index is 0.685. The smallest absolute Gasteiger partial charge is 0.139 e. The van der Waals surface area contributed by atoms with Crippen LogP contribution in [-0.4, -0.2) is 12.0 Å². The molecule has 0 unspecified atom stereocenters. The Morgan fingerprint density at radius 1 is 1.55 bits per heavy atom. The van der Waals surface area contributed by atoms with Gasteiger partial charge in [0.2, 0.25) is 0 Å². The third-order valence-corrected chi connectivity index (χ3v) is 1.35. The van der Waals surface area contributed by atoms with Gasteiger partial charge in [0.25, 0.3) is 0 Å². The van der Waals surface area contributed by atoms with E-state index in [-0.39, 0.29) is 0 Å². The number of nitrogens with one attached hydrogen (secondary N) is 2. The van der Waals surface area contributed by atoms with Crippen LogP contribution in [0.15, 0.2) is 18.3 Å². The van der Waals surface area contributed by atoms with E-state index in [1.165, 1.54) is 0 Å². The lowest BCUT2D eigenvalue weighted by atomic mass is 10.3. The van der Waals surface area contributed by atoms with E-state index in [4.69, 9.17) is 5.84 Å². The fourth-order valence-corrected chi connectivity index (χ4v) is 0.819. The summed E-state index contributed by atoms with van der Waals surface area (Å²) in [5.74, 6) is 5.83. The second-order valence-corrected chi connectivity index (χ2v) is 2.23. The van der Waals surface area contributed by atoms with Crippen LogP contribution >= 0.6 is 0 Å². The van der Waals surface area contributed by atoms with Crippen LogP contribution in [0.5, 0.6) is 0 Å². The standard InChI is InChI=1S/C7H12N4/c1-9-4-6-2-3-7(11-8)10-5-6/h2-3,5,9H,4,8H2,1H3,(H,10,11). The van der Waals surface area contributed by atoms with Crippen molar-refractivity contribution in [3.05, 3.63) is 23.9 Å². The van der Waals surface area contributed by atoms with Crippen LogP contribution in [0.25, 0.3) is 0 Å². The molecule has 60 valence electrons. The minimum Gasteiger partial charge on any atom is -0.316 e. The zero-order chi connectivity index (χ0) is 8.10. The quantitative estimate of drug-likeness (QED) is 0.424. The van der Waals surface area contributed by atoms with Gasteiger partial charge in [-0.2, -0.15) is 0 Å². The summed E-state index contributed by atoms with van der Waals surface area (Å²) in [5.41, 5.74) is 3.61. The van der Waals surface area contributed by atoms with Gasteiger partial charge in [-0.3, -0.25) is 0 Å². The Bertz CT molecular complexity index is 206. The second kappa shape index (κ2) is 3.90. The molecule has 0 spiro atoms. The molecule has 0 aliphatic rings. The fourth-order valence-electron chi connectivity index (χ4n) is 0.819. The average molecular weight is 152 g/mol. The molecule has 4 nitrogen and oxygen atoms in total. The third-order valence-electron chi connectivity index (χ3n) is 1.35. The summed E-state index contributed by atoms with van der Waals surface area (Å²) >= 11 is 0. The topological polar surface area (TPSA) is 63.0 Å². The molecule has 0 radical (unpaired) electrons. The van der Waals surface area contributed by atoms with Crippen LogP contribution in [0.3, 0.4) is 0 Å². The molecule has 0 bridgehead atoms. The molecule has 1 aromatic rings. The molecule has 0 saturated carbocycles. The van der Waals surface area contributed by atoms with Crippen molar-refractivity contribution in [1.82, 2.24) is 10.3 Å². The van der Waals surface area contributed by atoms with E-state index in [0.717, 1.165) is 12.1 Å². The number of nitrogens with zero attached hydrogens (tertiary/aromatic N) is 1. The van der Waals surface area contributed by atoms with Gasteiger partial charge in [-0.05, 0) is 18.7 Å². The SMILES string of the molecule is CNCc1ccc(NN)nc1. The van der Waals surface area contributed by atoms with Crippen LogP contribution in [0.2, 0.25) is 0 Å². The van der Waals surface area contributed by atoms with E-state index < -0.39 is 0 Å². The summed E-state index contributed by atoms with van der Waals surface area (Å²) < 4.78 is 0. The molecule has 1 rings (SSSR count). The summed E-state index contributed by atoms with van der Waals surface area (Å²) in [4.78, 5) is 4.04. The molecule has 1 aromatic heterocycles. The van der Waals surface area contributed by atoms with Gasteiger partial charge in [-0.25, -0.2) is 10.8 Å². The maximum atomic E-state index is 5.15. The number of hydrogen-bond acceptors (Lipinski definition) is 4. The van der Waals surface area contributed by atoms with Crippen molar-refractivity contribution in [3.63, 3.8) is 0 Å². The highest BCUT2D eigenvalue weighted by Gasteiger charge is 1.91. The van der Waals surface area contributed by atoms with Crippen LogP contribution in [0.4, 0.5) is 5.82 Å². The van der Waals surface area contributed by atoms with Crippen molar-refractivity contribution in [2.45, 2.75) is 6.54 Å². The average Bonchev–Trinajstić information content (AvgIpc) is 2.07. The monoisotopic (exact) mass is 152 g/mol. The first-order valence-electron chi connectivity index (χ1n) is 3.43. The Balaban J connectivity index is 2.66. The molecule has 0 saturated heterocycles. The van der Waals surface area contributed by atoms with Gasteiger partial charge in [0.05, 0.1) is 0 Å². The first-order chi connectivity index (χ1) is 5.36. The number of nitrogens with two attached hydrogens (primary N) is 1. The zero-order valence-electron chi connectivity index (χ0n) is 6.46. The van der Waals surface area contributed by atoms with E-state index >= 15 is 0 Å². The Morgan fingerprint density at radius 3 is 2.82 bits per heavy atom. The van der Waals surface area contributed by atoms with Gasteiger partial charge >= 0.3 is 0 Å². The van der Waals surface area contributed by atoms with E-state index in [2.05, 4.69) is 15.7 Å². The minimum absolute atomic E-state index is 0.685. The lowest BCUT2D eigenvalue weighted by Crippen LogP contribution is -2.09. The lowest BCUT2D eigenvalue weighted by molar-refractivity contribution is 0.813. The van der Waals surface area contributed by atoms with Gasteiger partial charge in [0.15, 0.2) is 0 Å². The van der Waals surface area contributed by atoms with Crippen molar-refractivity contribution in [2.75, 3.05) is 12.5 Å². The highest BCUT2D eigenvalue weighted by atomic mass is 15.2. The number of hydrogen-bond donors (Lipinski definition) is 3. The van der Waals surface area contributed by atoms with E-state index in [0.29, 0.717) is 5.82 Å². The summed E-state index contributed by atoms with van der Waals surface area (Å²) in [5, 5.41) is 3.03. The van der Waals surface area contributed by atoms with Crippen LogP contribution in [-0.2, 0) is 6.54 Å². The zero-order valence-corrected chi connectivity index (χ0v) is 6.46. The van der Waals surface area contributed by atoms with E-state index in [9.17, 15) is 0 Å². The maximum absolute atomic E-state index is 5.15. The first-order valence-corrected chi connectivity index (χ1v) is 3.43. The number of anilines is 1. The first kappa shape index (κ1) is 7.97. The number of hydrazine groups is 1. The Hall–Kier alpha value is -1.13. The molecule has 0 aromatic carbocycles. The molecule has 1 heterocycles. The molecule has 0 aliphatic heterocycles. The molecular formula is C7H12N4. The lowest BCUT2D eigenvalue weighted by Gasteiger charge is -2.00. The molecule has 4 heteroatoms. The van der Waals surface area contributed by atoms with Gasteiger partial charge in [0.1, 0.15) is 5.82 Å². The fraction of sp³-hybridized carbons (Fsp3) is 0.286. The number of pyridine rings is 1. The van der Waals surface area contributed by atoms with Crippen molar-refractivity contribution in [2.24, 2.45) is 5.84 Å². The van der Waals surface area contributed by atoms with Gasteiger partial charge < -0.3 is 10.7 Å². The van der Waals surface area contributed by atoms with Crippen molar-refractivity contribution in [1.29, 1.82) is 0 Å². The molecule has 0 fully saturated rings. The highest BCUT2D eigenvalue weighted by Crippen LogP contribution is 2.02. The van der Waals surface area contributed by atoms with Gasteiger partial charge in [-0.15, -0.1) is 0 Å². The molecule has 4 N–H and O–H groups in total. The third kappa shape index (κ3) is 2.18. The van der Waals surface area contributed by atoms with Crippen molar-refractivity contribution >= 4 is 5.82 Å². The molecular weight excluding hydrogens is 140 g/mol. The maximum Gasteiger partial charge on any atom is 0.139 e. The van der Waals surface area contributed by atoms with Gasteiger partial charge in [0, 0.05) is 12.7 Å². The molecule has 11 heavy (non-hydrogen) atoms.